The normalized spacial score (nSPS) is 20.6. The Bertz CT molecular complexity index is 928. The third kappa shape index (κ3) is 2.40. The van der Waals surface area contributed by atoms with Crippen molar-refractivity contribution in [1.29, 1.82) is 0 Å². The zero-order valence-corrected chi connectivity index (χ0v) is 12.0. The molecule has 1 atom stereocenters. The highest BCUT2D eigenvalue weighted by molar-refractivity contribution is 5.70. The van der Waals surface area contributed by atoms with Crippen LogP contribution in [0, 0.1) is 0 Å². The number of nitrogens with zero attached hydrogens (tertiary/aromatic N) is 1. The van der Waals surface area contributed by atoms with E-state index in [1.807, 2.05) is 30.3 Å². The average molecular weight is 311 g/mol. The van der Waals surface area contributed by atoms with Gasteiger partial charge in [-0.25, -0.2) is 4.99 Å². The van der Waals surface area contributed by atoms with Gasteiger partial charge in [0.25, 0.3) is 0 Å². The van der Waals surface area contributed by atoms with Gasteiger partial charge in [0.1, 0.15) is 0 Å². The first-order chi connectivity index (χ1) is 11.0. The summed E-state index contributed by atoms with van der Waals surface area (Å²) in [7, 11) is 0. The molecule has 23 heavy (non-hydrogen) atoms. The molecule has 1 heterocycles. The van der Waals surface area contributed by atoms with Gasteiger partial charge in [-0.15, -0.1) is 0 Å². The molecule has 0 saturated carbocycles. The molecule has 2 aromatic rings. The van der Waals surface area contributed by atoms with Gasteiger partial charge in [-0.2, -0.15) is 13.2 Å². The number of para-hydroxylation sites is 1. The van der Waals surface area contributed by atoms with Crippen LogP contribution in [0.25, 0.3) is 12.2 Å². The van der Waals surface area contributed by atoms with Crippen molar-refractivity contribution in [3.63, 3.8) is 0 Å². The minimum absolute atomic E-state index is 0.536. The Balaban J connectivity index is 1.83. The van der Waals surface area contributed by atoms with Gasteiger partial charge in [0.2, 0.25) is 0 Å². The van der Waals surface area contributed by atoms with Gasteiger partial charge in [-0.3, -0.25) is 0 Å². The fourth-order valence-electron chi connectivity index (χ4n) is 3.09. The van der Waals surface area contributed by atoms with Gasteiger partial charge < -0.3 is 0 Å². The fraction of sp³-hybridized carbons (Fsp3) is 0.105. The largest absolute Gasteiger partial charge is 0.413 e. The molecule has 1 aliphatic heterocycles. The highest BCUT2D eigenvalue weighted by Gasteiger charge is 2.41. The quantitative estimate of drug-likeness (QED) is 0.761. The Kier molecular flexibility index (Phi) is 3.01. The third-order valence-electron chi connectivity index (χ3n) is 4.13. The third-order valence-corrected chi connectivity index (χ3v) is 4.13. The first-order valence-electron chi connectivity index (χ1n) is 7.27. The predicted octanol–water partition coefficient (Wildman–Crippen LogP) is 3.73. The van der Waals surface area contributed by atoms with Crippen LogP contribution in [-0.4, -0.2) is 6.18 Å². The summed E-state index contributed by atoms with van der Waals surface area (Å²) in [4.78, 5) is 4.42. The van der Waals surface area contributed by atoms with Gasteiger partial charge in [-0.05, 0) is 35.4 Å². The van der Waals surface area contributed by atoms with Crippen LogP contribution in [0.1, 0.15) is 17.0 Å². The number of halogens is 3. The molecule has 0 fully saturated rings. The van der Waals surface area contributed by atoms with Crippen molar-refractivity contribution in [3.05, 3.63) is 87.6 Å². The molecule has 2 aromatic carbocycles. The summed E-state index contributed by atoms with van der Waals surface area (Å²) in [5.41, 5.74) is 1.33. The molecule has 0 bridgehead atoms. The molecule has 0 saturated heterocycles. The molecular weight excluding hydrogens is 299 g/mol. The number of hydrogen-bond donors (Lipinski definition) is 0. The van der Waals surface area contributed by atoms with E-state index in [9.17, 15) is 13.2 Å². The van der Waals surface area contributed by atoms with Gasteiger partial charge in [0.05, 0.1) is 11.1 Å². The predicted molar refractivity (Wildman–Crippen MR) is 83.0 cm³/mol. The lowest BCUT2D eigenvalue weighted by Crippen LogP contribution is -2.19. The van der Waals surface area contributed by atoms with Crippen molar-refractivity contribution in [3.8, 4) is 0 Å². The number of fused-ring (bicyclic) bond motifs is 2. The van der Waals surface area contributed by atoms with Crippen LogP contribution < -0.4 is 10.6 Å². The van der Waals surface area contributed by atoms with Crippen molar-refractivity contribution in [1.82, 2.24) is 0 Å². The summed E-state index contributed by atoms with van der Waals surface area (Å²) in [6.45, 7) is 0. The van der Waals surface area contributed by atoms with Crippen LogP contribution in [0.4, 0.5) is 13.2 Å². The van der Waals surface area contributed by atoms with Gasteiger partial charge >= 0.3 is 6.18 Å². The van der Waals surface area contributed by atoms with Crippen LogP contribution in [-0.2, 0) is 0 Å². The molecule has 1 aliphatic carbocycles. The molecule has 114 valence electrons. The summed E-state index contributed by atoms with van der Waals surface area (Å²) in [6, 6.07) is 14.5. The second-order valence-electron chi connectivity index (χ2n) is 5.61. The molecule has 4 rings (SSSR count). The molecular formula is C19H12F3N. The van der Waals surface area contributed by atoms with Crippen LogP contribution in [0.3, 0.4) is 0 Å². The lowest BCUT2D eigenvalue weighted by atomic mass is 9.94. The second kappa shape index (κ2) is 4.95. The summed E-state index contributed by atoms with van der Waals surface area (Å²) in [5, 5.41) is 1.73. The number of allylic oxidation sites excluding steroid dienone is 3. The van der Waals surface area contributed by atoms with E-state index in [4.69, 9.17) is 0 Å². The molecule has 4 heteroatoms. The number of hydrogen-bond acceptors (Lipinski definition) is 1. The van der Waals surface area contributed by atoms with Crippen molar-refractivity contribution in [2.75, 3.05) is 0 Å². The molecule has 2 aliphatic rings. The summed E-state index contributed by atoms with van der Waals surface area (Å²) in [5.74, 6) is -0.810. The van der Waals surface area contributed by atoms with Crippen LogP contribution in [0.2, 0.25) is 0 Å². The van der Waals surface area contributed by atoms with E-state index >= 15 is 0 Å². The molecule has 0 radical (unpaired) electrons. The van der Waals surface area contributed by atoms with Gasteiger partial charge in [0, 0.05) is 16.7 Å². The van der Waals surface area contributed by atoms with Crippen molar-refractivity contribution < 1.29 is 13.2 Å². The van der Waals surface area contributed by atoms with Crippen molar-refractivity contribution >= 4 is 12.2 Å². The summed E-state index contributed by atoms with van der Waals surface area (Å²) in [6.07, 6.45) is 0.306. The molecule has 1 unspecified atom stereocenters. The van der Waals surface area contributed by atoms with E-state index in [2.05, 4.69) is 4.99 Å². The van der Waals surface area contributed by atoms with E-state index < -0.39 is 17.7 Å². The van der Waals surface area contributed by atoms with E-state index in [0.717, 1.165) is 10.6 Å². The molecule has 0 spiro atoms. The zero-order valence-electron chi connectivity index (χ0n) is 12.0. The van der Waals surface area contributed by atoms with Gasteiger partial charge in [-0.1, -0.05) is 42.5 Å². The smallest absolute Gasteiger partial charge is 0.249 e. The Morgan fingerprint density at radius 2 is 1.65 bits per heavy atom. The first-order valence-corrected chi connectivity index (χ1v) is 7.27. The van der Waals surface area contributed by atoms with E-state index in [-0.39, 0.29) is 0 Å². The van der Waals surface area contributed by atoms with Gasteiger partial charge in [0.15, 0.2) is 0 Å². The highest BCUT2D eigenvalue weighted by Crippen LogP contribution is 2.45. The van der Waals surface area contributed by atoms with E-state index in [1.165, 1.54) is 6.08 Å². The standard InChI is InChI=1S/C19H12F3N/c20-19(21,22)17-10-12-5-1-3-7-15(12)16(17)11-14-9-13-6-2-4-8-18(13)23-14/h1-11,16H. The SMILES string of the molecule is FC(F)(F)C1=Cc2ccccc2C1C=C1C=c2ccccc2=N1. The van der Waals surface area contributed by atoms with E-state index in [1.54, 1.807) is 30.3 Å². The lowest BCUT2D eigenvalue weighted by Gasteiger charge is -2.15. The highest BCUT2D eigenvalue weighted by atomic mass is 19.4. The maximum Gasteiger partial charge on any atom is 0.413 e. The minimum atomic E-state index is -4.35. The molecule has 1 nitrogen and oxygen atoms in total. The van der Waals surface area contributed by atoms with E-state index in [0.29, 0.717) is 16.8 Å². The maximum absolute atomic E-state index is 13.4. The Morgan fingerprint density at radius 1 is 0.913 bits per heavy atom. The Labute approximate surface area is 130 Å². The fourth-order valence-corrected chi connectivity index (χ4v) is 3.09. The van der Waals surface area contributed by atoms with Crippen LogP contribution >= 0.6 is 0 Å². The maximum atomic E-state index is 13.4. The monoisotopic (exact) mass is 311 g/mol. The Hall–Kier alpha value is -2.62. The number of benzene rings is 2. The number of alkyl halides is 3. The van der Waals surface area contributed by atoms with Crippen molar-refractivity contribution in [2.45, 2.75) is 12.1 Å². The summed E-state index contributed by atoms with van der Waals surface area (Å²) < 4.78 is 40.1. The molecule has 0 N–H and O–H groups in total. The topological polar surface area (TPSA) is 12.4 Å². The van der Waals surface area contributed by atoms with Crippen molar-refractivity contribution in [2.24, 2.45) is 4.99 Å². The lowest BCUT2D eigenvalue weighted by molar-refractivity contribution is -0.0931. The second-order valence-corrected chi connectivity index (χ2v) is 5.61. The minimum Gasteiger partial charge on any atom is -0.249 e. The average Bonchev–Trinajstić information content (AvgIpc) is 3.08. The Morgan fingerprint density at radius 3 is 2.43 bits per heavy atom. The van der Waals surface area contributed by atoms with Crippen LogP contribution in [0.5, 0.6) is 0 Å². The summed E-state index contributed by atoms with van der Waals surface area (Å²) >= 11 is 0. The first kappa shape index (κ1) is 14.0. The van der Waals surface area contributed by atoms with Crippen LogP contribution in [0.15, 0.2) is 70.9 Å². The zero-order chi connectivity index (χ0) is 16.0. The molecule has 0 aromatic heterocycles. The number of rotatable bonds is 1. The molecule has 0 amide bonds.